The monoisotopic (exact) mass is 496 g/mol. The zero-order valence-electron chi connectivity index (χ0n) is 21.4. The molecule has 186 valence electrons. The number of fused-ring (bicyclic) bond motifs is 1. The molecule has 6 rings (SSSR count). The predicted octanol–water partition coefficient (Wildman–Crippen LogP) is 6.94. The second kappa shape index (κ2) is 9.96. The highest BCUT2D eigenvalue weighted by Gasteiger charge is 2.41. The third-order valence-corrected chi connectivity index (χ3v) is 7.15. The Morgan fingerprint density at radius 2 is 1.21 bits per heavy atom. The van der Waals surface area contributed by atoms with Gasteiger partial charge in [0.1, 0.15) is 11.2 Å². The number of rotatable bonds is 7. The largest absolute Gasteiger partial charge is 0.277 e. The molecule has 0 unspecified atom stereocenters. The number of hydrogen-bond acceptors (Lipinski definition) is 4. The Bertz CT molecular complexity index is 1550. The molecule has 6 aromatic rings. The van der Waals surface area contributed by atoms with Gasteiger partial charge in [-0.25, -0.2) is 4.68 Å². The molecule has 0 spiro atoms. The van der Waals surface area contributed by atoms with Crippen molar-refractivity contribution in [2.45, 2.75) is 5.54 Å². The molecule has 0 radical (unpaired) electrons. The number of aromatic nitrogens is 3. The molecule has 0 bridgehead atoms. The second-order valence-electron chi connectivity index (χ2n) is 9.19. The summed E-state index contributed by atoms with van der Waals surface area (Å²) in [6.45, 7) is 0. The fraction of sp³-hybridized carbons (Fsp3) is 0.0909. The van der Waals surface area contributed by atoms with Crippen molar-refractivity contribution in [3.63, 3.8) is 0 Å². The van der Waals surface area contributed by atoms with Gasteiger partial charge in [-0.2, -0.15) is 5.10 Å². The SMILES string of the molecule is CON(C)c1ccc2c(c1)c(-c1ccncc1)nn2C(c1ccccc1)(c1ccccc1)c1ccccc1. The average Bonchev–Trinajstić information content (AvgIpc) is 3.38. The van der Waals surface area contributed by atoms with Crippen LogP contribution in [-0.2, 0) is 10.4 Å². The molecule has 0 aliphatic rings. The molecule has 0 atom stereocenters. The lowest BCUT2D eigenvalue weighted by Gasteiger charge is -2.37. The minimum atomic E-state index is -0.720. The highest BCUT2D eigenvalue weighted by molar-refractivity contribution is 5.96. The molecule has 0 saturated heterocycles. The Labute approximate surface area is 222 Å². The molecule has 0 aliphatic carbocycles. The molecule has 0 N–H and O–H groups in total. The number of hydrogen-bond donors (Lipinski definition) is 0. The summed E-state index contributed by atoms with van der Waals surface area (Å²) in [5.74, 6) is 0. The van der Waals surface area contributed by atoms with Crippen molar-refractivity contribution in [2.75, 3.05) is 19.2 Å². The van der Waals surface area contributed by atoms with Gasteiger partial charge in [0.25, 0.3) is 0 Å². The number of nitrogens with zero attached hydrogens (tertiary/aromatic N) is 4. The van der Waals surface area contributed by atoms with Crippen LogP contribution in [-0.4, -0.2) is 28.9 Å². The quantitative estimate of drug-likeness (QED) is 0.177. The molecular formula is C33H28N4O. The van der Waals surface area contributed by atoms with Gasteiger partial charge in [0, 0.05) is 30.4 Å². The van der Waals surface area contributed by atoms with E-state index >= 15 is 0 Å². The first-order valence-electron chi connectivity index (χ1n) is 12.6. The van der Waals surface area contributed by atoms with Crippen molar-refractivity contribution in [1.82, 2.24) is 14.8 Å². The molecule has 2 heterocycles. The summed E-state index contributed by atoms with van der Waals surface area (Å²) in [4.78, 5) is 9.75. The fourth-order valence-corrected chi connectivity index (χ4v) is 5.29. The van der Waals surface area contributed by atoms with Gasteiger partial charge < -0.3 is 0 Å². The smallest absolute Gasteiger partial charge is 0.138 e. The van der Waals surface area contributed by atoms with Crippen LogP contribution >= 0.6 is 0 Å². The van der Waals surface area contributed by atoms with E-state index in [0.29, 0.717) is 0 Å². The number of anilines is 1. The van der Waals surface area contributed by atoms with Crippen LogP contribution in [0.15, 0.2) is 134 Å². The molecule has 0 amide bonds. The number of hydroxylamine groups is 1. The third-order valence-electron chi connectivity index (χ3n) is 7.15. The molecule has 5 heteroatoms. The number of benzene rings is 4. The van der Waals surface area contributed by atoms with E-state index in [4.69, 9.17) is 9.94 Å². The van der Waals surface area contributed by atoms with E-state index in [2.05, 4.69) is 119 Å². The van der Waals surface area contributed by atoms with Gasteiger partial charge in [-0.3, -0.25) is 14.9 Å². The summed E-state index contributed by atoms with van der Waals surface area (Å²) in [6.07, 6.45) is 3.62. The second-order valence-corrected chi connectivity index (χ2v) is 9.19. The Morgan fingerprint density at radius 3 is 1.71 bits per heavy atom. The van der Waals surface area contributed by atoms with Crippen LogP contribution < -0.4 is 5.06 Å². The zero-order chi connectivity index (χ0) is 26.0. The summed E-state index contributed by atoms with van der Waals surface area (Å²) in [5.41, 5.74) is 6.51. The molecular weight excluding hydrogens is 468 g/mol. The first-order chi connectivity index (χ1) is 18.7. The van der Waals surface area contributed by atoms with Crippen LogP contribution in [0.3, 0.4) is 0 Å². The first-order valence-corrected chi connectivity index (χ1v) is 12.6. The van der Waals surface area contributed by atoms with Gasteiger partial charge in [-0.05, 0) is 47.0 Å². The van der Waals surface area contributed by atoms with Crippen molar-refractivity contribution >= 4 is 16.6 Å². The van der Waals surface area contributed by atoms with Crippen molar-refractivity contribution in [3.8, 4) is 11.3 Å². The number of pyridine rings is 1. The minimum Gasteiger partial charge on any atom is -0.277 e. The predicted molar refractivity (Wildman–Crippen MR) is 153 cm³/mol. The van der Waals surface area contributed by atoms with Crippen molar-refractivity contribution in [1.29, 1.82) is 0 Å². The van der Waals surface area contributed by atoms with Crippen LogP contribution in [0.2, 0.25) is 0 Å². The maximum Gasteiger partial charge on any atom is 0.138 e. The van der Waals surface area contributed by atoms with Crippen LogP contribution in [0.1, 0.15) is 16.7 Å². The van der Waals surface area contributed by atoms with E-state index in [0.717, 1.165) is 44.5 Å². The van der Waals surface area contributed by atoms with E-state index in [1.165, 1.54) is 0 Å². The van der Waals surface area contributed by atoms with E-state index in [1.807, 2.05) is 31.6 Å². The van der Waals surface area contributed by atoms with E-state index in [1.54, 1.807) is 12.2 Å². The standard InChI is InChI=1S/C33H28N4O/c1-36(38-2)29-18-19-31-30(24-29)32(25-20-22-34-23-21-25)35-37(31)33(26-12-6-3-7-13-26,27-14-8-4-9-15-27)28-16-10-5-11-17-28/h3-24H,1-2H3. The average molecular weight is 497 g/mol. The molecule has 0 aliphatic heterocycles. The van der Waals surface area contributed by atoms with Gasteiger partial charge in [0.05, 0.1) is 18.3 Å². The summed E-state index contributed by atoms with van der Waals surface area (Å²) >= 11 is 0. The lowest BCUT2D eigenvalue weighted by Crippen LogP contribution is -2.38. The van der Waals surface area contributed by atoms with Gasteiger partial charge in [0.15, 0.2) is 0 Å². The first kappa shape index (κ1) is 23.6. The molecule has 0 saturated carbocycles. The van der Waals surface area contributed by atoms with Gasteiger partial charge in [-0.15, -0.1) is 0 Å². The van der Waals surface area contributed by atoms with Crippen molar-refractivity contribution in [2.24, 2.45) is 0 Å². The molecule has 5 nitrogen and oxygen atoms in total. The molecule has 38 heavy (non-hydrogen) atoms. The summed E-state index contributed by atoms with van der Waals surface area (Å²) in [7, 11) is 3.57. The Morgan fingerprint density at radius 1 is 0.684 bits per heavy atom. The van der Waals surface area contributed by atoms with Crippen molar-refractivity contribution < 1.29 is 4.84 Å². The van der Waals surface area contributed by atoms with Gasteiger partial charge in [0.2, 0.25) is 0 Å². The van der Waals surface area contributed by atoms with Crippen LogP contribution in [0, 0.1) is 0 Å². The maximum atomic E-state index is 5.51. The lowest BCUT2D eigenvalue weighted by molar-refractivity contribution is 0.185. The van der Waals surface area contributed by atoms with E-state index < -0.39 is 5.54 Å². The van der Waals surface area contributed by atoms with E-state index in [-0.39, 0.29) is 0 Å². The highest BCUT2D eigenvalue weighted by Crippen LogP contribution is 2.44. The third kappa shape index (κ3) is 3.85. The summed E-state index contributed by atoms with van der Waals surface area (Å²) in [6, 6.07) is 42.2. The lowest BCUT2D eigenvalue weighted by atomic mass is 9.77. The van der Waals surface area contributed by atoms with Gasteiger partial charge >= 0.3 is 0 Å². The normalized spacial score (nSPS) is 11.5. The van der Waals surface area contributed by atoms with Crippen LogP contribution in [0.5, 0.6) is 0 Å². The molecule has 0 fully saturated rings. The van der Waals surface area contributed by atoms with Crippen LogP contribution in [0.4, 0.5) is 5.69 Å². The van der Waals surface area contributed by atoms with Crippen molar-refractivity contribution in [3.05, 3.63) is 150 Å². The Kier molecular flexibility index (Phi) is 6.20. The molecule has 2 aromatic heterocycles. The Hall–Kier alpha value is -4.74. The topological polar surface area (TPSA) is 43.2 Å². The molecule has 4 aromatic carbocycles. The maximum absolute atomic E-state index is 5.51. The Balaban J connectivity index is 1.78. The minimum absolute atomic E-state index is 0.720. The van der Waals surface area contributed by atoms with Crippen LogP contribution in [0.25, 0.3) is 22.2 Å². The fourth-order valence-electron chi connectivity index (χ4n) is 5.29. The summed E-state index contributed by atoms with van der Waals surface area (Å²) in [5, 5.41) is 8.21. The van der Waals surface area contributed by atoms with Gasteiger partial charge in [-0.1, -0.05) is 91.0 Å². The van der Waals surface area contributed by atoms with E-state index in [9.17, 15) is 0 Å². The highest BCUT2D eigenvalue weighted by atomic mass is 16.7. The summed E-state index contributed by atoms with van der Waals surface area (Å²) < 4.78 is 2.19. The zero-order valence-corrected chi connectivity index (χ0v) is 21.4.